The number of nitrogens with zero attached hydrogens (tertiary/aromatic N) is 4. The Kier molecular flexibility index (Phi) is 3.00. The van der Waals surface area contributed by atoms with E-state index in [-0.39, 0.29) is 0 Å². The molecule has 0 saturated carbocycles. The van der Waals surface area contributed by atoms with Crippen LogP contribution in [0.15, 0.2) is 49.1 Å². The molecule has 7 nitrogen and oxygen atoms in total. The predicted molar refractivity (Wildman–Crippen MR) is 71.2 cm³/mol. The van der Waals surface area contributed by atoms with Gasteiger partial charge in [-0.3, -0.25) is 4.40 Å². The topological polar surface area (TPSA) is 92.4 Å². The molecule has 1 aromatic carbocycles. The average Bonchev–Trinajstić information content (AvgIpc) is 2.94. The van der Waals surface area contributed by atoms with Gasteiger partial charge in [-0.1, -0.05) is 30.3 Å². The molecule has 0 radical (unpaired) electrons. The third-order valence-electron chi connectivity index (χ3n) is 2.88. The molecule has 0 aliphatic heterocycles. The Labute approximate surface area is 113 Å². The van der Waals surface area contributed by atoms with Crippen molar-refractivity contribution in [1.29, 1.82) is 0 Å². The van der Waals surface area contributed by atoms with Crippen molar-refractivity contribution in [2.45, 2.75) is 6.04 Å². The van der Waals surface area contributed by atoms with Gasteiger partial charge in [0.05, 0.1) is 0 Å². The van der Waals surface area contributed by atoms with Crippen LogP contribution in [0.3, 0.4) is 0 Å². The zero-order valence-corrected chi connectivity index (χ0v) is 10.3. The third kappa shape index (κ3) is 2.16. The van der Waals surface area contributed by atoms with Crippen LogP contribution < -0.4 is 5.32 Å². The highest BCUT2D eigenvalue weighted by molar-refractivity contribution is 5.80. The van der Waals surface area contributed by atoms with Crippen LogP contribution in [0, 0.1) is 0 Å². The Hall–Kier alpha value is -2.96. The summed E-state index contributed by atoms with van der Waals surface area (Å²) in [7, 11) is 0. The molecule has 0 bridgehead atoms. The van der Waals surface area contributed by atoms with Crippen molar-refractivity contribution in [3.63, 3.8) is 0 Å². The quantitative estimate of drug-likeness (QED) is 0.743. The number of carboxylic acid groups (broad SMARTS) is 1. The molecule has 3 rings (SSSR count). The van der Waals surface area contributed by atoms with Crippen molar-refractivity contribution in [3.05, 3.63) is 54.6 Å². The number of benzene rings is 1. The van der Waals surface area contributed by atoms with Gasteiger partial charge in [0.15, 0.2) is 11.9 Å². The molecule has 20 heavy (non-hydrogen) atoms. The van der Waals surface area contributed by atoms with Crippen LogP contribution in [0.5, 0.6) is 0 Å². The summed E-state index contributed by atoms with van der Waals surface area (Å²) in [6.07, 6.45) is 4.78. The summed E-state index contributed by atoms with van der Waals surface area (Å²) < 4.78 is 1.67. The van der Waals surface area contributed by atoms with Gasteiger partial charge in [-0.2, -0.15) is 0 Å². The number of rotatable bonds is 4. The number of anilines is 1. The van der Waals surface area contributed by atoms with E-state index in [2.05, 4.69) is 20.5 Å². The first-order valence-electron chi connectivity index (χ1n) is 5.94. The lowest BCUT2D eigenvalue weighted by molar-refractivity contribution is -0.138. The van der Waals surface area contributed by atoms with Gasteiger partial charge in [-0.05, 0) is 5.56 Å². The maximum Gasteiger partial charge on any atom is 0.330 e. The Morgan fingerprint density at radius 3 is 2.85 bits per heavy atom. The molecule has 7 heteroatoms. The molecular formula is C13H11N5O2. The van der Waals surface area contributed by atoms with Crippen molar-refractivity contribution in [2.24, 2.45) is 0 Å². The lowest BCUT2D eigenvalue weighted by Crippen LogP contribution is -2.21. The van der Waals surface area contributed by atoms with E-state index in [9.17, 15) is 9.90 Å². The Morgan fingerprint density at radius 2 is 2.10 bits per heavy atom. The smallest absolute Gasteiger partial charge is 0.330 e. The van der Waals surface area contributed by atoms with Crippen LogP contribution in [0.25, 0.3) is 5.65 Å². The highest BCUT2D eigenvalue weighted by Gasteiger charge is 2.21. The molecule has 0 aliphatic carbocycles. The summed E-state index contributed by atoms with van der Waals surface area (Å²) in [6, 6.07) is 8.01. The van der Waals surface area contributed by atoms with E-state index in [1.165, 1.54) is 6.33 Å². The number of hydrogen-bond acceptors (Lipinski definition) is 5. The molecular weight excluding hydrogens is 258 g/mol. The van der Waals surface area contributed by atoms with Gasteiger partial charge in [-0.25, -0.2) is 9.78 Å². The summed E-state index contributed by atoms with van der Waals surface area (Å²) in [4.78, 5) is 15.6. The summed E-state index contributed by atoms with van der Waals surface area (Å²) in [5.41, 5.74) is 1.12. The number of aliphatic carboxylic acids is 1. The van der Waals surface area contributed by atoms with Crippen LogP contribution in [-0.2, 0) is 4.79 Å². The normalized spacial score (nSPS) is 12.2. The zero-order valence-electron chi connectivity index (χ0n) is 10.3. The number of nitrogens with one attached hydrogen (secondary N) is 1. The Balaban J connectivity index is 1.99. The van der Waals surface area contributed by atoms with E-state index in [1.54, 1.807) is 41.1 Å². The summed E-state index contributed by atoms with van der Waals surface area (Å²) in [5.74, 6) is -0.610. The molecule has 0 spiro atoms. The van der Waals surface area contributed by atoms with Crippen molar-refractivity contribution in [2.75, 3.05) is 5.32 Å². The maximum atomic E-state index is 11.4. The first-order chi connectivity index (χ1) is 9.75. The summed E-state index contributed by atoms with van der Waals surface area (Å²) >= 11 is 0. The molecule has 2 aromatic heterocycles. The van der Waals surface area contributed by atoms with Gasteiger partial charge < -0.3 is 10.4 Å². The van der Waals surface area contributed by atoms with E-state index < -0.39 is 12.0 Å². The fraction of sp³-hybridized carbons (Fsp3) is 0.0769. The number of carboxylic acids is 1. The van der Waals surface area contributed by atoms with Crippen molar-refractivity contribution in [3.8, 4) is 0 Å². The van der Waals surface area contributed by atoms with Crippen LogP contribution in [0.2, 0.25) is 0 Å². The molecule has 1 unspecified atom stereocenters. The molecule has 0 saturated heterocycles. The van der Waals surface area contributed by atoms with Crippen molar-refractivity contribution in [1.82, 2.24) is 19.6 Å². The molecule has 3 aromatic rings. The van der Waals surface area contributed by atoms with E-state index in [1.807, 2.05) is 6.07 Å². The van der Waals surface area contributed by atoms with Crippen LogP contribution in [0.1, 0.15) is 11.6 Å². The second-order valence-corrected chi connectivity index (χ2v) is 4.16. The highest BCUT2D eigenvalue weighted by Crippen LogP contribution is 2.20. The monoisotopic (exact) mass is 269 g/mol. The largest absolute Gasteiger partial charge is 0.479 e. The number of aromatic nitrogens is 4. The van der Waals surface area contributed by atoms with Gasteiger partial charge >= 0.3 is 5.97 Å². The summed E-state index contributed by atoms with van der Waals surface area (Å²) in [6.45, 7) is 0. The number of carbonyl (C=O) groups is 1. The molecule has 100 valence electrons. The van der Waals surface area contributed by atoms with Gasteiger partial charge in [0, 0.05) is 12.4 Å². The van der Waals surface area contributed by atoms with Gasteiger partial charge in [0.25, 0.3) is 0 Å². The van der Waals surface area contributed by atoms with E-state index >= 15 is 0 Å². The highest BCUT2D eigenvalue weighted by atomic mass is 16.4. The minimum absolute atomic E-state index is 0.376. The van der Waals surface area contributed by atoms with E-state index in [0.717, 1.165) is 0 Å². The Morgan fingerprint density at radius 1 is 1.30 bits per heavy atom. The lowest BCUT2D eigenvalue weighted by atomic mass is 10.1. The second kappa shape index (κ2) is 4.96. The minimum atomic E-state index is -0.987. The summed E-state index contributed by atoms with van der Waals surface area (Å²) in [5, 5.41) is 20.0. The molecule has 0 fully saturated rings. The number of hydrogen-bond donors (Lipinski definition) is 2. The van der Waals surface area contributed by atoms with Gasteiger partial charge in [0.1, 0.15) is 6.33 Å². The average molecular weight is 269 g/mol. The molecule has 2 N–H and O–H groups in total. The minimum Gasteiger partial charge on any atom is -0.479 e. The van der Waals surface area contributed by atoms with Gasteiger partial charge in [0.2, 0.25) is 5.65 Å². The standard InChI is InChI=1S/C13H11N5O2/c19-13(20)10(9-4-2-1-3-5-9)16-11-12-17-15-8-18(12)7-6-14-11/h1-8,10H,(H,14,16)(H,19,20). The van der Waals surface area contributed by atoms with Crippen molar-refractivity contribution < 1.29 is 9.90 Å². The third-order valence-corrected chi connectivity index (χ3v) is 2.88. The SMILES string of the molecule is O=C(O)C(Nc1nccn2cnnc12)c1ccccc1. The lowest BCUT2D eigenvalue weighted by Gasteiger charge is -2.15. The van der Waals surface area contributed by atoms with E-state index in [4.69, 9.17) is 0 Å². The Bertz CT molecular complexity index is 741. The first kappa shape index (κ1) is 12.1. The molecule has 2 heterocycles. The fourth-order valence-corrected chi connectivity index (χ4v) is 1.93. The van der Waals surface area contributed by atoms with E-state index in [0.29, 0.717) is 17.0 Å². The maximum absolute atomic E-state index is 11.4. The number of fused-ring (bicyclic) bond motifs is 1. The first-order valence-corrected chi connectivity index (χ1v) is 5.94. The van der Waals surface area contributed by atoms with Crippen molar-refractivity contribution >= 4 is 17.4 Å². The van der Waals surface area contributed by atoms with Crippen LogP contribution in [-0.4, -0.2) is 30.7 Å². The molecule has 0 amide bonds. The van der Waals surface area contributed by atoms with Crippen LogP contribution in [0.4, 0.5) is 5.82 Å². The predicted octanol–water partition coefficient (Wildman–Crippen LogP) is 1.36. The molecule has 1 atom stereocenters. The zero-order chi connectivity index (χ0) is 13.9. The van der Waals surface area contributed by atoms with Gasteiger partial charge in [-0.15, -0.1) is 10.2 Å². The fourth-order valence-electron chi connectivity index (χ4n) is 1.93. The van der Waals surface area contributed by atoms with Crippen LogP contribution >= 0.6 is 0 Å². The molecule has 0 aliphatic rings. The second-order valence-electron chi connectivity index (χ2n) is 4.16.